The summed E-state index contributed by atoms with van der Waals surface area (Å²) in [6.07, 6.45) is -6.28. The van der Waals surface area contributed by atoms with Crippen LogP contribution in [0.25, 0.3) is 5.65 Å². The number of amides is 1. The lowest BCUT2D eigenvalue weighted by Crippen LogP contribution is -2.13. The minimum absolute atomic E-state index is 0.327. The number of rotatable bonds is 5. The van der Waals surface area contributed by atoms with Gasteiger partial charge in [-0.2, -0.15) is 5.10 Å². The second kappa shape index (κ2) is 7.09. The van der Waals surface area contributed by atoms with Crippen LogP contribution in [0.15, 0.2) is 30.3 Å². The minimum atomic E-state index is -3.17. The maximum atomic E-state index is 13.1. The van der Waals surface area contributed by atoms with E-state index in [0.717, 1.165) is 24.3 Å². The van der Waals surface area contributed by atoms with Crippen molar-refractivity contribution in [3.8, 4) is 5.75 Å². The number of aromatic hydroxyl groups is 1. The molecule has 0 aliphatic rings. The van der Waals surface area contributed by atoms with E-state index >= 15 is 0 Å². The number of carbonyl (C=O) groups is 1. The van der Waals surface area contributed by atoms with E-state index in [1.165, 1.54) is 0 Å². The Morgan fingerprint density at radius 1 is 1.18 bits per heavy atom. The highest BCUT2D eigenvalue weighted by Crippen LogP contribution is 2.29. The lowest BCUT2D eigenvalue weighted by molar-refractivity contribution is -0.384. The van der Waals surface area contributed by atoms with E-state index in [4.69, 9.17) is 0 Å². The maximum absolute atomic E-state index is 13.1. The second-order valence-electron chi connectivity index (χ2n) is 5.42. The van der Waals surface area contributed by atoms with E-state index in [1.807, 2.05) is 0 Å². The van der Waals surface area contributed by atoms with Crippen LogP contribution in [-0.2, 0) is 0 Å². The van der Waals surface area contributed by atoms with Crippen LogP contribution in [-0.4, -0.2) is 30.5 Å². The number of non-ortho nitro benzene ring substituents is 1. The number of phenolic OH excluding ortho intramolecular Hbond substituents is 1. The molecule has 0 radical (unpaired) electrons. The number of alkyl halides is 4. The third kappa shape index (κ3) is 3.54. The minimum Gasteiger partial charge on any atom is -0.506 e. The van der Waals surface area contributed by atoms with Gasteiger partial charge >= 0.3 is 0 Å². The molecule has 1 aromatic carbocycles. The summed E-state index contributed by atoms with van der Waals surface area (Å²) in [4.78, 5) is 25.8. The largest absolute Gasteiger partial charge is 0.506 e. The van der Waals surface area contributed by atoms with E-state index in [0.29, 0.717) is 10.6 Å². The second-order valence-corrected chi connectivity index (χ2v) is 5.42. The van der Waals surface area contributed by atoms with Gasteiger partial charge in [-0.05, 0) is 12.1 Å². The molecule has 0 atom stereocenters. The predicted octanol–water partition coefficient (Wildman–Crippen LogP) is 3.47. The Morgan fingerprint density at radius 3 is 2.50 bits per heavy atom. The number of halogens is 4. The SMILES string of the molecule is O=C(Nc1cc([N+](=O)[O-])ccc1O)c1cc2nc(C(F)F)cc(C(F)F)n2n1. The monoisotopic (exact) mass is 399 g/mol. The van der Waals surface area contributed by atoms with Gasteiger partial charge in [-0.15, -0.1) is 0 Å². The molecule has 1 amide bonds. The number of hydrogen-bond donors (Lipinski definition) is 2. The quantitative estimate of drug-likeness (QED) is 0.293. The van der Waals surface area contributed by atoms with E-state index in [1.54, 1.807) is 0 Å². The number of nitrogens with zero attached hydrogens (tertiary/aromatic N) is 4. The number of aromatic nitrogens is 3. The molecule has 2 aromatic heterocycles. The molecular formula is C15H9F4N5O4. The van der Waals surface area contributed by atoms with Crippen molar-refractivity contribution < 1.29 is 32.4 Å². The van der Waals surface area contributed by atoms with Crippen LogP contribution in [0, 0.1) is 10.1 Å². The standard InChI is InChI=1S/C15H9F4N5O4/c16-13(17)8-4-10(14(18)19)23-12(20-8)5-9(22-23)15(26)21-7-3-6(24(27)28)1-2-11(7)25/h1-5,13-14,25H,(H,21,26). The number of nitro groups is 1. The predicted molar refractivity (Wildman–Crippen MR) is 85.6 cm³/mol. The molecule has 13 heteroatoms. The van der Waals surface area contributed by atoms with Crippen molar-refractivity contribution in [1.29, 1.82) is 0 Å². The van der Waals surface area contributed by atoms with E-state index in [9.17, 15) is 37.6 Å². The van der Waals surface area contributed by atoms with Gasteiger partial charge in [0, 0.05) is 18.2 Å². The molecule has 0 saturated heterocycles. The number of benzene rings is 1. The summed E-state index contributed by atoms with van der Waals surface area (Å²) in [5, 5.41) is 26.2. The van der Waals surface area contributed by atoms with Gasteiger partial charge in [0.2, 0.25) is 0 Å². The van der Waals surface area contributed by atoms with Gasteiger partial charge in [-0.1, -0.05) is 0 Å². The Balaban J connectivity index is 2.00. The van der Waals surface area contributed by atoms with Crippen molar-refractivity contribution in [2.45, 2.75) is 12.9 Å². The number of anilines is 1. The topological polar surface area (TPSA) is 123 Å². The summed E-state index contributed by atoms with van der Waals surface area (Å²) in [6, 6.07) is 4.22. The van der Waals surface area contributed by atoms with Gasteiger partial charge in [-0.25, -0.2) is 27.1 Å². The number of phenols is 1. The average Bonchev–Trinajstić information content (AvgIpc) is 3.06. The summed E-state index contributed by atoms with van der Waals surface area (Å²) in [6.45, 7) is 0. The summed E-state index contributed by atoms with van der Waals surface area (Å²) in [5.74, 6) is -1.52. The van der Waals surface area contributed by atoms with E-state index in [-0.39, 0.29) is 5.69 Å². The summed E-state index contributed by atoms with van der Waals surface area (Å²) in [7, 11) is 0. The molecule has 3 aromatic rings. The zero-order valence-electron chi connectivity index (χ0n) is 13.5. The van der Waals surface area contributed by atoms with Crippen molar-refractivity contribution in [2.24, 2.45) is 0 Å². The lowest BCUT2D eigenvalue weighted by atomic mass is 10.2. The molecule has 0 aliphatic carbocycles. The number of nitro benzene ring substituents is 1. The Hall–Kier alpha value is -3.77. The number of nitrogens with one attached hydrogen (secondary N) is 1. The Bertz CT molecular complexity index is 1090. The Kier molecular flexibility index (Phi) is 4.81. The van der Waals surface area contributed by atoms with Crippen LogP contribution in [0.3, 0.4) is 0 Å². The summed E-state index contributed by atoms with van der Waals surface area (Å²) >= 11 is 0. The molecule has 0 bridgehead atoms. The fraction of sp³-hybridized carbons (Fsp3) is 0.133. The van der Waals surface area contributed by atoms with Crippen LogP contribution in [0.1, 0.15) is 34.7 Å². The third-order valence-electron chi connectivity index (χ3n) is 3.59. The fourth-order valence-corrected chi connectivity index (χ4v) is 2.32. The molecule has 2 N–H and O–H groups in total. The van der Waals surface area contributed by atoms with Gasteiger partial charge in [-0.3, -0.25) is 14.9 Å². The zero-order chi connectivity index (χ0) is 20.6. The van der Waals surface area contributed by atoms with E-state index < -0.39 is 57.8 Å². The van der Waals surface area contributed by atoms with Crippen LogP contribution in [0.4, 0.5) is 28.9 Å². The van der Waals surface area contributed by atoms with Crippen molar-refractivity contribution in [3.63, 3.8) is 0 Å². The number of fused-ring (bicyclic) bond motifs is 1. The highest BCUT2D eigenvalue weighted by atomic mass is 19.3. The van der Waals surface area contributed by atoms with E-state index in [2.05, 4.69) is 15.4 Å². The Morgan fingerprint density at radius 2 is 1.89 bits per heavy atom. The number of carbonyl (C=O) groups excluding carboxylic acids is 1. The summed E-state index contributed by atoms with van der Waals surface area (Å²) < 4.78 is 52.5. The molecule has 0 spiro atoms. The van der Waals surface area contributed by atoms with Gasteiger partial charge in [0.15, 0.2) is 11.3 Å². The maximum Gasteiger partial charge on any atom is 0.280 e. The average molecular weight is 399 g/mol. The molecule has 9 nitrogen and oxygen atoms in total. The Labute approximate surface area is 152 Å². The zero-order valence-corrected chi connectivity index (χ0v) is 13.5. The molecule has 3 rings (SSSR count). The fourth-order valence-electron chi connectivity index (χ4n) is 2.32. The van der Waals surface area contributed by atoms with Crippen LogP contribution in [0.5, 0.6) is 5.75 Å². The molecule has 0 saturated carbocycles. The third-order valence-corrected chi connectivity index (χ3v) is 3.59. The van der Waals surface area contributed by atoms with Gasteiger partial charge < -0.3 is 10.4 Å². The van der Waals surface area contributed by atoms with Crippen LogP contribution < -0.4 is 5.32 Å². The van der Waals surface area contributed by atoms with Crippen molar-refractivity contribution >= 4 is 22.9 Å². The molecule has 28 heavy (non-hydrogen) atoms. The molecular weight excluding hydrogens is 390 g/mol. The van der Waals surface area contributed by atoms with Gasteiger partial charge in [0.25, 0.3) is 24.4 Å². The van der Waals surface area contributed by atoms with Gasteiger partial charge in [0.1, 0.15) is 17.1 Å². The van der Waals surface area contributed by atoms with Crippen molar-refractivity contribution in [3.05, 3.63) is 57.5 Å². The first-order valence-electron chi connectivity index (χ1n) is 7.43. The first-order chi connectivity index (χ1) is 13.2. The lowest BCUT2D eigenvalue weighted by Gasteiger charge is -2.06. The van der Waals surface area contributed by atoms with Crippen molar-refractivity contribution in [2.75, 3.05) is 5.32 Å². The molecule has 2 heterocycles. The molecule has 146 valence electrons. The van der Waals surface area contributed by atoms with Crippen molar-refractivity contribution in [1.82, 2.24) is 14.6 Å². The number of hydrogen-bond acceptors (Lipinski definition) is 6. The van der Waals surface area contributed by atoms with Gasteiger partial charge in [0.05, 0.1) is 10.6 Å². The molecule has 0 aliphatic heterocycles. The first-order valence-corrected chi connectivity index (χ1v) is 7.43. The highest BCUT2D eigenvalue weighted by molar-refractivity contribution is 6.04. The molecule has 0 unspecified atom stereocenters. The highest BCUT2D eigenvalue weighted by Gasteiger charge is 2.22. The van der Waals surface area contributed by atoms with Crippen LogP contribution >= 0.6 is 0 Å². The first kappa shape index (κ1) is 19.0. The normalized spacial score (nSPS) is 11.4. The van der Waals surface area contributed by atoms with Crippen LogP contribution in [0.2, 0.25) is 0 Å². The summed E-state index contributed by atoms with van der Waals surface area (Å²) in [5.41, 5.74) is -3.45. The molecule has 0 fully saturated rings. The smallest absolute Gasteiger partial charge is 0.280 e.